The maximum atomic E-state index is 13.2. The third-order valence-corrected chi connectivity index (χ3v) is 32.1. The number of aliphatic hydroxyl groups excluding tert-OH is 13. The summed E-state index contributed by atoms with van der Waals surface area (Å²) in [6.07, 6.45) is 3.95. The molecule has 13 aliphatic rings. The smallest absolute Gasteiger partial charge is 0.167 e. The summed E-state index contributed by atoms with van der Waals surface area (Å²) in [6.45, 7) is 34.4. The van der Waals surface area contributed by atoms with Gasteiger partial charge in [-0.3, -0.25) is 0 Å². The van der Waals surface area contributed by atoms with Crippen molar-refractivity contribution in [2.75, 3.05) is 85.9 Å². The molecular weight excluding hydrogens is 1600 g/mol. The van der Waals surface area contributed by atoms with Crippen LogP contribution in [0.4, 0.5) is 43.9 Å². The quantitative estimate of drug-likeness (QED) is 0.0823. The Morgan fingerprint density at radius 3 is 0.558 bits per heavy atom. The van der Waals surface area contributed by atoms with Crippen molar-refractivity contribution >= 4 is 0 Å². The van der Waals surface area contributed by atoms with Crippen molar-refractivity contribution in [3.63, 3.8) is 0 Å². The summed E-state index contributed by atoms with van der Waals surface area (Å²) < 4.78 is 129. The van der Waals surface area contributed by atoms with Gasteiger partial charge in [0, 0.05) is 75.1 Å². The molecule has 0 aromatic carbocycles. The lowest BCUT2D eigenvalue weighted by Crippen LogP contribution is -2.68. The maximum absolute atomic E-state index is 13.2. The largest absolute Gasteiger partial charge is 0.396 e. The third kappa shape index (κ3) is 24.9. The van der Waals surface area contributed by atoms with Crippen molar-refractivity contribution in [3.05, 3.63) is 0 Å². The molecular formula is C87H164F10O23. The van der Waals surface area contributed by atoms with Crippen LogP contribution in [0.25, 0.3) is 0 Å². The monoisotopic (exact) mass is 1770 g/mol. The first kappa shape index (κ1) is 116. The zero-order chi connectivity index (χ0) is 94.7. The summed E-state index contributed by atoms with van der Waals surface area (Å²) >= 11 is 0. The predicted molar refractivity (Wildman–Crippen MR) is 435 cm³/mol. The maximum Gasteiger partial charge on any atom is 0.167 e. The van der Waals surface area contributed by atoms with Crippen LogP contribution < -0.4 is 0 Å². The van der Waals surface area contributed by atoms with E-state index in [-0.39, 0.29) is 160 Å². The SMILES string of the molecule is CC1CC(CO)C1(C)F.CC1CC(CO)C1(C)F.CC1CC(CO)C1(C)O.CC1CC(CO)C1(C)O.CC1CC(CO)C1F.CC1CC(CO)C1F.CC1CC(F)(CO)C1(C)F.CC1CC(O)(CO)C1(C)F.CC1CC(O)(CO)C1(C)F.CC1CC(O)(CO)C1(C)O.CC1CC(O)(CO)C1(C)O.CC1CC(O)(CO)C1F.CC1CC(O)(CO)C1F. The highest BCUT2D eigenvalue weighted by Crippen LogP contribution is 2.55. The fraction of sp³-hybridized carbons (Fsp3) is 1.00. The van der Waals surface area contributed by atoms with Gasteiger partial charge in [-0.25, -0.2) is 43.9 Å². The zero-order valence-corrected chi connectivity index (χ0v) is 75.7. The second-order valence-corrected chi connectivity index (χ2v) is 40.6. The van der Waals surface area contributed by atoms with Gasteiger partial charge in [0.2, 0.25) is 0 Å². The zero-order valence-electron chi connectivity index (χ0n) is 75.7. The van der Waals surface area contributed by atoms with Gasteiger partial charge in [0.15, 0.2) is 5.67 Å². The van der Waals surface area contributed by atoms with Crippen LogP contribution in [-0.4, -0.2) is 318 Å². The van der Waals surface area contributed by atoms with Gasteiger partial charge in [0.1, 0.15) is 86.6 Å². The van der Waals surface area contributed by atoms with Crippen LogP contribution in [0.2, 0.25) is 0 Å². The first-order valence-corrected chi connectivity index (χ1v) is 43.1. The molecule has 13 rings (SSSR count). The highest BCUT2D eigenvalue weighted by atomic mass is 19.2. The van der Waals surface area contributed by atoms with Crippen LogP contribution in [0.15, 0.2) is 0 Å². The molecule has 23 nitrogen and oxygen atoms in total. The Balaban J connectivity index is 0.000000650. The second kappa shape index (κ2) is 44.3. The fourth-order valence-corrected chi connectivity index (χ4v) is 17.8. The van der Waals surface area contributed by atoms with Gasteiger partial charge in [-0.2, -0.15) is 0 Å². The lowest BCUT2D eigenvalue weighted by molar-refractivity contribution is -0.260. The van der Waals surface area contributed by atoms with E-state index in [1.165, 1.54) is 20.8 Å². The number of hydrogen-bond donors (Lipinski definition) is 23. The molecule has 13 aliphatic carbocycles. The second-order valence-electron chi connectivity index (χ2n) is 40.6. The first-order chi connectivity index (χ1) is 54.2. The highest BCUT2D eigenvalue weighted by Gasteiger charge is 2.65. The minimum atomic E-state index is -1.98. The third-order valence-electron chi connectivity index (χ3n) is 32.1. The Hall–Kier alpha value is -1.62. The number of halogens is 10. The van der Waals surface area contributed by atoms with Crippen LogP contribution in [0.1, 0.15) is 236 Å². The Morgan fingerprint density at radius 2 is 0.500 bits per heavy atom. The van der Waals surface area contributed by atoms with Crippen LogP contribution in [0, 0.1) is 112 Å². The van der Waals surface area contributed by atoms with Crippen LogP contribution in [0.3, 0.4) is 0 Å². The van der Waals surface area contributed by atoms with Crippen molar-refractivity contribution < 1.29 is 161 Å². The van der Waals surface area contributed by atoms with Crippen LogP contribution in [-0.2, 0) is 0 Å². The van der Waals surface area contributed by atoms with Gasteiger partial charge in [-0.1, -0.05) is 90.0 Å². The normalized spacial score (nSPS) is 51.6. The van der Waals surface area contributed by atoms with Gasteiger partial charge >= 0.3 is 0 Å². The predicted octanol–water partition coefficient (Wildman–Crippen LogP) is 7.03. The molecule has 0 heterocycles. The summed E-state index contributed by atoms with van der Waals surface area (Å²) in [5.74, 6) is 0.667. The molecule has 39 atom stereocenters. The molecule has 0 spiro atoms. The number of aliphatic hydroxyl groups is 23. The minimum Gasteiger partial charge on any atom is -0.396 e. The van der Waals surface area contributed by atoms with E-state index in [1.54, 1.807) is 76.2 Å². The van der Waals surface area contributed by atoms with E-state index in [0.29, 0.717) is 50.4 Å². The topological polar surface area (TPSA) is 465 Å². The lowest BCUT2D eigenvalue weighted by atomic mass is 9.59. The summed E-state index contributed by atoms with van der Waals surface area (Å²) in [6, 6.07) is 0. The number of hydrogen-bond acceptors (Lipinski definition) is 23. The molecule has 120 heavy (non-hydrogen) atoms. The Kier molecular flexibility index (Phi) is 43.0. The van der Waals surface area contributed by atoms with Gasteiger partial charge in [-0.15, -0.1) is 0 Å². The fourth-order valence-electron chi connectivity index (χ4n) is 17.8. The van der Waals surface area contributed by atoms with E-state index in [4.69, 9.17) is 76.6 Å². The Bertz CT molecular complexity index is 2610. The van der Waals surface area contributed by atoms with E-state index in [0.717, 1.165) is 38.5 Å². The van der Waals surface area contributed by atoms with Crippen molar-refractivity contribution in [2.45, 2.75) is 351 Å². The van der Waals surface area contributed by atoms with Crippen molar-refractivity contribution in [3.8, 4) is 0 Å². The Morgan fingerprint density at radius 1 is 0.250 bits per heavy atom. The van der Waals surface area contributed by atoms with Gasteiger partial charge in [-0.05, 0) is 223 Å². The van der Waals surface area contributed by atoms with E-state index < -0.39 is 148 Å². The lowest BCUT2D eigenvalue weighted by Gasteiger charge is -2.54. The van der Waals surface area contributed by atoms with E-state index in [9.17, 15) is 84.8 Å². The molecule has 13 fully saturated rings. The van der Waals surface area contributed by atoms with Gasteiger partial charge < -0.3 is 117 Å². The summed E-state index contributed by atoms with van der Waals surface area (Å²) in [4.78, 5) is 0. The van der Waals surface area contributed by atoms with Gasteiger partial charge in [0.25, 0.3) is 0 Å². The highest BCUT2D eigenvalue weighted by molar-refractivity contribution is 5.15. The summed E-state index contributed by atoms with van der Waals surface area (Å²) in [5.41, 5.74) is -21.0. The van der Waals surface area contributed by atoms with E-state index in [2.05, 4.69) is 0 Å². The average Bonchev–Trinajstić information content (AvgIpc) is 0.742. The average molecular weight is 1770 g/mol. The molecule has 0 radical (unpaired) electrons. The molecule has 0 bridgehead atoms. The summed E-state index contributed by atoms with van der Waals surface area (Å²) in [7, 11) is 0. The van der Waals surface area contributed by atoms with Crippen LogP contribution >= 0.6 is 0 Å². The van der Waals surface area contributed by atoms with E-state index >= 15 is 0 Å². The minimum absolute atomic E-state index is 0.00264. The van der Waals surface area contributed by atoms with Crippen molar-refractivity contribution in [2.24, 2.45) is 112 Å². The molecule has 0 aliphatic heterocycles. The van der Waals surface area contributed by atoms with Gasteiger partial charge in [0.05, 0.1) is 68.7 Å². The molecule has 0 aromatic rings. The standard InChI is InChI=1S/C7H12F2O.2C7H13FO2.2C7H13FO.2C7H14O3.2C7H14O2.2C6H11FO2.2C6H11FO/c1-5-3-7(9,4-10)6(5,2)8;2*1-5-3-7(10,4-9)6(5,2)8;2*1-5-3-6(4-9)7(5,2)8;2*1-5-3-7(10,4-8)6(5,2)9;2*1-5-3-6(4-8)7(5,2)9;2*1-4-2-6(9,3-8)5(4)7;2*1-4-2-5(3-8)6(4)7/h5,10H,3-4H2,1-2H3;2*5,9-10H,3-4H2,1-2H3;2*5-6,9H,3-4H2,1-2H3;2*5,8-10H,3-4H2,1-2H3;2*5-6,8-9H,3-4H2,1-2H3;2*4-5,8-9H,2-3H2,1H3;2*4-6,8H,2-3H2,1H3. The van der Waals surface area contributed by atoms with Crippen molar-refractivity contribution in [1.29, 1.82) is 0 Å². The molecule has 39 unspecified atom stereocenters. The molecule has 13 saturated carbocycles. The van der Waals surface area contributed by atoms with Crippen LogP contribution in [0.5, 0.6) is 0 Å². The molecule has 0 aromatic heterocycles. The molecule has 33 heteroatoms. The number of alkyl halides is 10. The van der Waals surface area contributed by atoms with Crippen molar-refractivity contribution in [1.82, 2.24) is 0 Å². The first-order valence-electron chi connectivity index (χ1n) is 43.1. The summed E-state index contributed by atoms with van der Waals surface area (Å²) in [5, 5.41) is 205. The molecule has 0 saturated heterocycles. The number of rotatable bonds is 13. The molecule has 23 N–H and O–H groups in total. The van der Waals surface area contributed by atoms with E-state index in [1.807, 2.05) is 55.4 Å². The molecule has 0 amide bonds. The molecule has 720 valence electrons. The Labute approximate surface area is 707 Å².